The Labute approximate surface area is 83.6 Å². The van der Waals surface area contributed by atoms with Crippen molar-refractivity contribution in [3.05, 3.63) is 24.5 Å². The molecule has 1 N–H and O–H groups in total. The minimum absolute atomic E-state index is 0.00792. The molecule has 1 rings (SSSR count). The Balaban J connectivity index is 2.32. The van der Waals surface area contributed by atoms with Gasteiger partial charge in [0.2, 0.25) is 5.91 Å². The van der Waals surface area contributed by atoms with Gasteiger partial charge >= 0.3 is 0 Å². The second-order valence-electron chi connectivity index (χ2n) is 2.84. The molecule has 72 valence electrons. The quantitative estimate of drug-likeness (QED) is 0.578. The maximum atomic E-state index is 11.3. The molecule has 0 radical (unpaired) electrons. The summed E-state index contributed by atoms with van der Waals surface area (Å²) in [7, 11) is 0. The van der Waals surface area contributed by atoms with Gasteiger partial charge in [0.1, 0.15) is 0 Å². The fourth-order valence-corrected chi connectivity index (χ4v) is 1.01. The van der Waals surface area contributed by atoms with E-state index in [1.165, 1.54) is 0 Å². The Morgan fingerprint density at radius 3 is 2.86 bits per heavy atom. The normalized spacial score (nSPS) is 9.07. The molecule has 3 heteroatoms. The van der Waals surface area contributed by atoms with E-state index in [-0.39, 0.29) is 5.91 Å². The first-order valence-corrected chi connectivity index (χ1v) is 4.46. The number of amides is 1. The van der Waals surface area contributed by atoms with Crippen LogP contribution in [0.25, 0.3) is 0 Å². The van der Waals surface area contributed by atoms with Crippen molar-refractivity contribution >= 4 is 11.6 Å². The summed E-state index contributed by atoms with van der Waals surface area (Å²) in [6.07, 6.45) is 10.2. The second kappa shape index (κ2) is 5.76. The van der Waals surface area contributed by atoms with Crippen LogP contribution in [0.5, 0.6) is 0 Å². The molecular formula is C11H12N2O. The Morgan fingerprint density at radius 1 is 1.50 bits per heavy atom. The van der Waals surface area contributed by atoms with Gasteiger partial charge in [0.15, 0.2) is 0 Å². The number of carbonyl (C=O) groups excluding carboxylic acids is 1. The number of nitrogens with one attached hydrogen (secondary N) is 1. The van der Waals surface area contributed by atoms with Gasteiger partial charge in [0.25, 0.3) is 0 Å². The molecule has 0 saturated carbocycles. The molecular weight excluding hydrogens is 176 g/mol. The van der Waals surface area contributed by atoms with Crippen molar-refractivity contribution in [3.8, 4) is 12.3 Å². The summed E-state index contributed by atoms with van der Waals surface area (Å²) in [5.74, 6) is 2.49. The largest absolute Gasteiger partial charge is 0.326 e. The van der Waals surface area contributed by atoms with Crippen LogP contribution in [0, 0.1) is 12.3 Å². The van der Waals surface area contributed by atoms with E-state index >= 15 is 0 Å². The van der Waals surface area contributed by atoms with E-state index in [0.717, 1.165) is 12.1 Å². The number of aromatic nitrogens is 1. The average molecular weight is 188 g/mol. The molecule has 0 unspecified atom stereocenters. The molecule has 0 aliphatic heterocycles. The van der Waals surface area contributed by atoms with Crippen LogP contribution in [-0.4, -0.2) is 10.9 Å². The molecule has 1 aromatic heterocycles. The topological polar surface area (TPSA) is 42.0 Å². The van der Waals surface area contributed by atoms with Crippen molar-refractivity contribution in [2.24, 2.45) is 0 Å². The van der Waals surface area contributed by atoms with Crippen LogP contribution in [0.15, 0.2) is 24.5 Å². The predicted octanol–water partition coefficient (Wildman–Crippen LogP) is 1.82. The van der Waals surface area contributed by atoms with Gasteiger partial charge in [-0.15, -0.1) is 12.3 Å². The highest BCUT2D eigenvalue weighted by Gasteiger charge is 2.00. The fraction of sp³-hybridized carbons (Fsp3) is 0.273. The lowest BCUT2D eigenvalue weighted by Crippen LogP contribution is -2.10. The minimum Gasteiger partial charge on any atom is -0.326 e. The second-order valence-corrected chi connectivity index (χ2v) is 2.84. The van der Waals surface area contributed by atoms with E-state index in [9.17, 15) is 4.79 Å². The zero-order valence-corrected chi connectivity index (χ0v) is 7.86. The van der Waals surface area contributed by atoms with Crippen LogP contribution >= 0.6 is 0 Å². The Bertz CT molecular complexity index is 327. The van der Waals surface area contributed by atoms with Crippen LogP contribution in [0.3, 0.4) is 0 Å². The van der Waals surface area contributed by atoms with Crippen LogP contribution in [0.2, 0.25) is 0 Å². The fourth-order valence-electron chi connectivity index (χ4n) is 1.01. The Hall–Kier alpha value is -1.82. The number of hydrogen-bond donors (Lipinski definition) is 1. The van der Waals surface area contributed by atoms with Crippen LogP contribution in [0.1, 0.15) is 19.3 Å². The number of anilines is 1. The lowest BCUT2D eigenvalue weighted by atomic mass is 10.2. The van der Waals surface area contributed by atoms with Crippen molar-refractivity contribution < 1.29 is 4.79 Å². The first-order valence-electron chi connectivity index (χ1n) is 4.46. The van der Waals surface area contributed by atoms with Crippen molar-refractivity contribution in [2.45, 2.75) is 19.3 Å². The van der Waals surface area contributed by atoms with Gasteiger partial charge in [0, 0.05) is 30.9 Å². The lowest BCUT2D eigenvalue weighted by Gasteiger charge is -2.02. The molecule has 3 nitrogen and oxygen atoms in total. The van der Waals surface area contributed by atoms with Crippen LogP contribution in [0.4, 0.5) is 5.69 Å². The summed E-state index contributed by atoms with van der Waals surface area (Å²) >= 11 is 0. The van der Waals surface area contributed by atoms with Crippen molar-refractivity contribution in [2.75, 3.05) is 5.32 Å². The van der Waals surface area contributed by atoms with Gasteiger partial charge in [0.05, 0.1) is 0 Å². The van der Waals surface area contributed by atoms with Crippen molar-refractivity contribution in [3.63, 3.8) is 0 Å². The lowest BCUT2D eigenvalue weighted by molar-refractivity contribution is -0.116. The molecule has 14 heavy (non-hydrogen) atoms. The molecule has 0 fully saturated rings. The van der Waals surface area contributed by atoms with Gasteiger partial charge < -0.3 is 5.32 Å². The third kappa shape index (κ3) is 3.72. The standard InChI is InChI=1S/C11H12N2O/c1-2-3-4-5-11(14)13-10-6-8-12-9-7-10/h1,6-9H,3-5H2,(H,12,13,14). The number of unbranched alkanes of at least 4 members (excludes halogenated alkanes) is 1. The number of pyridine rings is 1. The Morgan fingerprint density at radius 2 is 2.21 bits per heavy atom. The monoisotopic (exact) mass is 188 g/mol. The SMILES string of the molecule is C#CCCCC(=O)Nc1ccncc1. The molecule has 1 amide bonds. The zero-order valence-electron chi connectivity index (χ0n) is 7.86. The highest BCUT2D eigenvalue weighted by atomic mass is 16.1. The summed E-state index contributed by atoms with van der Waals surface area (Å²) in [6.45, 7) is 0. The smallest absolute Gasteiger partial charge is 0.224 e. The van der Waals surface area contributed by atoms with Gasteiger partial charge in [-0.25, -0.2) is 0 Å². The molecule has 0 aliphatic carbocycles. The highest BCUT2D eigenvalue weighted by Crippen LogP contribution is 2.04. The number of hydrogen-bond acceptors (Lipinski definition) is 2. The number of rotatable bonds is 4. The van der Waals surface area contributed by atoms with Crippen molar-refractivity contribution in [1.29, 1.82) is 0 Å². The van der Waals surface area contributed by atoms with Crippen molar-refractivity contribution in [1.82, 2.24) is 4.98 Å². The summed E-state index contributed by atoms with van der Waals surface area (Å²) in [4.78, 5) is 15.1. The summed E-state index contributed by atoms with van der Waals surface area (Å²) in [6, 6.07) is 3.50. The molecule has 0 atom stereocenters. The molecule has 0 spiro atoms. The molecule has 0 saturated heterocycles. The van der Waals surface area contributed by atoms with Crippen LogP contribution < -0.4 is 5.32 Å². The van der Waals surface area contributed by atoms with E-state index in [1.54, 1.807) is 24.5 Å². The molecule has 0 bridgehead atoms. The number of carbonyl (C=O) groups is 1. The molecule has 1 aromatic rings. The Kier molecular flexibility index (Phi) is 4.22. The van der Waals surface area contributed by atoms with E-state index < -0.39 is 0 Å². The van der Waals surface area contributed by atoms with E-state index in [4.69, 9.17) is 6.42 Å². The van der Waals surface area contributed by atoms with E-state index in [1.807, 2.05) is 0 Å². The maximum Gasteiger partial charge on any atom is 0.224 e. The summed E-state index contributed by atoms with van der Waals surface area (Å²) in [5.41, 5.74) is 0.769. The van der Waals surface area contributed by atoms with E-state index in [0.29, 0.717) is 12.8 Å². The highest BCUT2D eigenvalue weighted by molar-refractivity contribution is 5.90. The number of terminal acetylenes is 1. The third-order valence-corrected chi connectivity index (χ3v) is 1.69. The molecule has 0 aromatic carbocycles. The first-order chi connectivity index (χ1) is 6.83. The summed E-state index contributed by atoms with van der Waals surface area (Å²) < 4.78 is 0. The summed E-state index contributed by atoms with van der Waals surface area (Å²) in [5, 5.41) is 2.75. The average Bonchev–Trinajstić information content (AvgIpc) is 2.20. The first kappa shape index (κ1) is 10.3. The zero-order chi connectivity index (χ0) is 10.2. The minimum atomic E-state index is -0.00792. The predicted molar refractivity (Wildman–Crippen MR) is 55.6 cm³/mol. The maximum absolute atomic E-state index is 11.3. The molecule has 1 heterocycles. The third-order valence-electron chi connectivity index (χ3n) is 1.69. The van der Waals surface area contributed by atoms with Gasteiger partial charge in [-0.3, -0.25) is 9.78 Å². The van der Waals surface area contributed by atoms with Crippen LogP contribution in [-0.2, 0) is 4.79 Å². The van der Waals surface area contributed by atoms with Gasteiger partial charge in [-0.1, -0.05) is 0 Å². The molecule has 0 aliphatic rings. The van der Waals surface area contributed by atoms with Gasteiger partial charge in [-0.2, -0.15) is 0 Å². The van der Waals surface area contributed by atoms with E-state index in [2.05, 4.69) is 16.2 Å². The van der Waals surface area contributed by atoms with Gasteiger partial charge in [-0.05, 0) is 18.6 Å². The number of nitrogens with zero attached hydrogens (tertiary/aromatic N) is 1.